The highest BCUT2D eigenvalue weighted by Crippen LogP contribution is 2.40. The number of nitrogens with zero attached hydrogens (tertiary/aromatic N) is 3. The van der Waals surface area contributed by atoms with Crippen molar-refractivity contribution in [2.75, 3.05) is 21.3 Å². The maximum absolute atomic E-state index is 5.35. The molecule has 0 atom stereocenters. The Kier molecular flexibility index (Phi) is 5.62. The predicted octanol–water partition coefficient (Wildman–Crippen LogP) is 6.11. The average molecular weight is 456 g/mol. The van der Waals surface area contributed by atoms with E-state index < -0.39 is 0 Å². The fourth-order valence-electron chi connectivity index (χ4n) is 3.78. The lowest BCUT2D eigenvalue weighted by Gasteiger charge is -2.14. The predicted molar refractivity (Wildman–Crippen MR) is 131 cm³/mol. The van der Waals surface area contributed by atoms with Gasteiger partial charge in [0.1, 0.15) is 34.0 Å². The summed E-state index contributed by atoms with van der Waals surface area (Å²) in [5.41, 5.74) is 7.04. The second-order valence-electron chi connectivity index (χ2n) is 7.33. The second-order valence-corrected chi connectivity index (χ2v) is 7.86. The van der Waals surface area contributed by atoms with Gasteiger partial charge in [-0.05, 0) is 66.2 Å². The Morgan fingerprint density at radius 3 is 1.42 bits per heavy atom. The quantitative estimate of drug-likeness (QED) is 0.308. The molecular weight excluding hydrogens is 434 g/mol. The monoisotopic (exact) mass is 455 g/mol. The molecule has 7 heteroatoms. The zero-order valence-corrected chi connectivity index (χ0v) is 19.2. The molecule has 0 aliphatic rings. The number of pyridine rings is 1. The van der Waals surface area contributed by atoms with E-state index in [-0.39, 0.29) is 0 Å². The molecule has 0 N–H and O–H groups in total. The third-order valence-corrected chi connectivity index (χ3v) is 6.04. The molecule has 0 amide bonds. The molecule has 2 heterocycles. The van der Waals surface area contributed by atoms with E-state index in [4.69, 9.17) is 19.2 Å². The van der Waals surface area contributed by atoms with Crippen molar-refractivity contribution in [2.24, 2.45) is 0 Å². The van der Waals surface area contributed by atoms with Crippen LogP contribution in [0.5, 0.6) is 17.2 Å². The number of fused-ring (bicyclic) bond motifs is 1. The van der Waals surface area contributed by atoms with Crippen molar-refractivity contribution in [1.82, 2.24) is 13.7 Å². The first kappa shape index (κ1) is 20.9. The Hall–Kier alpha value is -3.97. The summed E-state index contributed by atoms with van der Waals surface area (Å²) >= 11 is 1.19. The summed E-state index contributed by atoms with van der Waals surface area (Å²) in [6.07, 6.45) is 0. The van der Waals surface area contributed by atoms with Gasteiger partial charge in [0.05, 0.1) is 38.8 Å². The van der Waals surface area contributed by atoms with Crippen LogP contribution in [-0.4, -0.2) is 35.1 Å². The summed E-state index contributed by atoms with van der Waals surface area (Å²) in [7, 11) is 4.97. The Labute approximate surface area is 195 Å². The molecule has 33 heavy (non-hydrogen) atoms. The smallest absolute Gasteiger partial charge is 0.131 e. The average Bonchev–Trinajstić information content (AvgIpc) is 3.38. The number of rotatable bonds is 6. The first-order valence-electron chi connectivity index (χ1n) is 10.3. The van der Waals surface area contributed by atoms with Gasteiger partial charge in [0.2, 0.25) is 0 Å². The topological polar surface area (TPSA) is 66.4 Å². The minimum atomic E-state index is 0.772. The van der Waals surface area contributed by atoms with Gasteiger partial charge in [-0.3, -0.25) is 0 Å². The third-order valence-electron chi connectivity index (χ3n) is 5.52. The first-order valence-corrected chi connectivity index (χ1v) is 11.0. The second kappa shape index (κ2) is 8.88. The molecule has 5 rings (SSSR count). The van der Waals surface area contributed by atoms with E-state index in [1.165, 1.54) is 11.7 Å². The van der Waals surface area contributed by atoms with Gasteiger partial charge in [-0.15, -0.1) is 0 Å². The van der Waals surface area contributed by atoms with E-state index in [2.05, 4.69) is 8.75 Å². The summed E-state index contributed by atoms with van der Waals surface area (Å²) in [6.45, 7) is 0. The van der Waals surface area contributed by atoms with Crippen LogP contribution in [0.4, 0.5) is 0 Å². The van der Waals surface area contributed by atoms with E-state index in [0.29, 0.717) is 0 Å². The standard InChI is InChI=1S/C26H21N3O3S/c1-30-19-10-4-16(5-11-19)22-23(17-6-12-20(31-2)13-7-17)27-24(26-25(22)28-33-29-26)18-8-14-21(32-3)15-9-18/h4-15H,1-3H3. The zero-order chi connectivity index (χ0) is 22.8. The third kappa shape index (κ3) is 3.87. The molecule has 3 aromatic carbocycles. The van der Waals surface area contributed by atoms with Crippen LogP contribution in [-0.2, 0) is 0 Å². The highest BCUT2D eigenvalue weighted by molar-refractivity contribution is 7.00. The van der Waals surface area contributed by atoms with Crippen LogP contribution < -0.4 is 14.2 Å². The fraction of sp³-hybridized carbons (Fsp3) is 0.115. The number of hydrogen-bond acceptors (Lipinski definition) is 7. The van der Waals surface area contributed by atoms with Crippen LogP contribution in [0, 0.1) is 0 Å². The van der Waals surface area contributed by atoms with Crippen LogP contribution in [0.15, 0.2) is 72.8 Å². The molecule has 0 unspecified atom stereocenters. The van der Waals surface area contributed by atoms with Crippen LogP contribution in [0.25, 0.3) is 44.7 Å². The number of benzene rings is 3. The first-order chi connectivity index (χ1) is 16.2. The maximum Gasteiger partial charge on any atom is 0.131 e. The molecule has 0 aliphatic carbocycles. The molecule has 0 fully saturated rings. The molecule has 5 aromatic rings. The number of aromatic nitrogens is 3. The SMILES string of the molecule is COc1ccc(-c2nc(-c3ccc(OC)cc3)c3nsnc3c2-c2ccc(OC)cc2)cc1. The van der Waals surface area contributed by atoms with Crippen LogP contribution in [0.2, 0.25) is 0 Å². The van der Waals surface area contributed by atoms with Gasteiger partial charge >= 0.3 is 0 Å². The van der Waals surface area contributed by atoms with Crippen molar-refractivity contribution in [1.29, 1.82) is 0 Å². The number of hydrogen-bond donors (Lipinski definition) is 0. The van der Waals surface area contributed by atoms with Crippen molar-refractivity contribution in [2.45, 2.75) is 0 Å². The van der Waals surface area contributed by atoms with Crippen LogP contribution in [0.1, 0.15) is 0 Å². The van der Waals surface area contributed by atoms with Crippen LogP contribution in [0.3, 0.4) is 0 Å². The summed E-state index contributed by atoms with van der Waals surface area (Å²) in [6, 6.07) is 23.7. The van der Waals surface area contributed by atoms with Crippen molar-refractivity contribution >= 4 is 22.8 Å². The zero-order valence-electron chi connectivity index (χ0n) is 18.4. The van der Waals surface area contributed by atoms with E-state index in [9.17, 15) is 0 Å². The molecule has 0 bridgehead atoms. The van der Waals surface area contributed by atoms with E-state index in [0.717, 1.165) is 61.9 Å². The molecule has 164 valence electrons. The molecule has 2 aromatic heterocycles. The van der Waals surface area contributed by atoms with Gasteiger partial charge in [-0.1, -0.05) is 12.1 Å². The lowest BCUT2D eigenvalue weighted by Crippen LogP contribution is -1.96. The highest BCUT2D eigenvalue weighted by Gasteiger charge is 2.21. The Morgan fingerprint density at radius 1 is 0.515 bits per heavy atom. The van der Waals surface area contributed by atoms with Crippen molar-refractivity contribution in [3.05, 3.63) is 72.8 Å². The molecule has 0 saturated heterocycles. The fourth-order valence-corrected chi connectivity index (χ4v) is 4.33. The van der Waals surface area contributed by atoms with Gasteiger partial charge < -0.3 is 14.2 Å². The maximum atomic E-state index is 5.35. The Morgan fingerprint density at radius 2 is 0.939 bits per heavy atom. The summed E-state index contributed by atoms with van der Waals surface area (Å²) in [5.74, 6) is 2.37. The van der Waals surface area contributed by atoms with Crippen LogP contribution >= 0.6 is 11.7 Å². The Bertz CT molecular complexity index is 1400. The molecular formula is C26H21N3O3S. The molecule has 6 nitrogen and oxygen atoms in total. The minimum Gasteiger partial charge on any atom is -0.497 e. The van der Waals surface area contributed by atoms with Gasteiger partial charge in [0.25, 0.3) is 0 Å². The largest absolute Gasteiger partial charge is 0.497 e. The number of methoxy groups -OCH3 is 3. The minimum absolute atomic E-state index is 0.772. The lowest BCUT2D eigenvalue weighted by molar-refractivity contribution is 0.414. The summed E-state index contributed by atoms with van der Waals surface area (Å²) in [5, 5.41) is 0. The number of ether oxygens (including phenoxy) is 3. The highest BCUT2D eigenvalue weighted by atomic mass is 32.1. The summed E-state index contributed by atoms with van der Waals surface area (Å²) < 4.78 is 25.3. The lowest BCUT2D eigenvalue weighted by atomic mass is 9.96. The van der Waals surface area contributed by atoms with Gasteiger partial charge in [0.15, 0.2) is 0 Å². The molecule has 0 radical (unpaired) electrons. The normalized spacial score (nSPS) is 10.9. The van der Waals surface area contributed by atoms with Gasteiger partial charge in [-0.25, -0.2) is 4.98 Å². The van der Waals surface area contributed by atoms with E-state index in [1.54, 1.807) is 21.3 Å². The van der Waals surface area contributed by atoms with Crippen molar-refractivity contribution in [3.8, 4) is 50.9 Å². The Balaban J connectivity index is 1.79. The van der Waals surface area contributed by atoms with Gasteiger partial charge in [-0.2, -0.15) is 8.75 Å². The molecule has 0 saturated carbocycles. The molecule has 0 aliphatic heterocycles. The van der Waals surface area contributed by atoms with Gasteiger partial charge in [0, 0.05) is 16.7 Å². The molecule has 0 spiro atoms. The summed E-state index contributed by atoms with van der Waals surface area (Å²) in [4.78, 5) is 5.13. The van der Waals surface area contributed by atoms with E-state index >= 15 is 0 Å². The van der Waals surface area contributed by atoms with Crippen molar-refractivity contribution in [3.63, 3.8) is 0 Å². The van der Waals surface area contributed by atoms with E-state index in [1.807, 2.05) is 72.8 Å². The van der Waals surface area contributed by atoms with Crippen molar-refractivity contribution < 1.29 is 14.2 Å².